The summed E-state index contributed by atoms with van der Waals surface area (Å²) in [5, 5.41) is 3.21. The standard InChI is InChI=1S/C11H15N3O2/c12-10-9(2-1-5-14-10)11(15)16-8-3-6-13-7-4-8/h1-2,5,8,13H,3-4,6-7H2,(H2,12,14). The van der Waals surface area contributed by atoms with Crippen LogP contribution in [-0.2, 0) is 4.74 Å². The highest BCUT2D eigenvalue weighted by Crippen LogP contribution is 2.13. The molecular formula is C11H15N3O2. The molecule has 1 aliphatic heterocycles. The number of esters is 1. The number of ether oxygens (including phenoxy) is 1. The van der Waals surface area contributed by atoms with Crippen LogP contribution in [0.15, 0.2) is 18.3 Å². The first-order valence-corrected chi connectivity index (χ1v) is 5.39. The van der Waals surface area contributed by atoms with Crippen LogP contribution in [0.1, 0.15) is 23.2 Å². The van der Waals surface area contributed by atoms with Gasteiger partial charge < -0.3 is 15.8 Å². The molecule has 1 aliphatic rings. The highest BCUT2D eigenvalue weighted by Gasteiger charge is 2.19. The van der Waals surface area contributed by atoms with Crippen LogP contribution >= 0.6 is 0 Å². The van der Waals surface area contributed by atoms with Crippen molar-refractivity contribution in [2.75, 3.05) is 18.8 Å². The monoisotopic (exact) mass is 221 g/mol. The van der Waals surface area contributed by atoms with Gasteiger partial charge in [-0.05, 0) is 38.1 Å². The van der Waals surface area contributed by atoms with Crippen LogP contribution in [-0.4, -0.2) is 30.1 Å². The number of piperidine rings is 1. The van der Waals surface area contributed by atoms with Crippen LogP contribution in [0.25, 0.3) is 0 Å². The van der Waals surface area contributed by atoms with Gasteiger partial charge in [0.25, 0.3) is 0 Å². The molecule has 0 aliphatic carbocycles. The summed E-state index contributed by atoms with van der Waals surface area (Å²) in [6.07, 6.45) is 3.25. The van der Waals surface area contributed by atoms with Gasteiger partial charge in [-0.25, -0.2) is 9.78 Å². The highest BCUT2D eigenvalue weighted by atomic mass is 16.5. The van der Waals surface area contributed by atoms with Gasteiger partial charge in [-0.3, -0.25) is 0 Å². The van der Waals surface area contributed by atoms with Crippen LogP contribution in [0.5, 0.6) is 0 Å². The summed E-state index contributed by atoms with van der Waals surface area (Å²) in [5.74, 6) is -0.154. The molecule has 2 heterocycles. The van der Waals surface area contributed by atoms with E-state index in [9.17, 15) is 4.79 Å². The van der Waals surface area contributed by atoms with E-state index in [2.05, 4.69) is 10.3 Å². The van der Waals surface area contributed by atoms with Gasteiger partial charge in [-0.15, -0.1) is 0 Å². The molecule has 3 N–H and O–H groups in total. The largest absolute Gasteiger partial charge is 0.459 e. The molecule has 5 heteroatoms. The van der Waals surface area contributed by atoms with Crippen molar-refractivity contribution in [3.63, 3.8) is 0 Å². The summed E-state index contributed by atoms with van der Waals surface area (Å²) in [6.45, 7) is 1.78. The Morgan fingerprint density at radius 2 is 2.25 bits per heavy atom. The van der Waals surface area contributed by atoms with Crippen molar-refractivity contribution in [1.82, 2.24) is 10.3 Å². The molecule has 0 atom stereocenters. The maximum atomic E-state index is 11.8. The molecule has 0 unspecified atom stereocenters. The number of nitrogens with zero attached hydrogens (tertiary/aromatic N) is 1. The molecule has 1 saturated heterocycles. The minimum absolute atomic E-state index is 0.00615. The SMILES string of the molecule is Nc1ncccc1C(=O)OC1CCNCC1. The lowest BCUT2D eigenvalue weighted by atomic mass is 10.1. The van der Waals surface area contributed by atoms with Crippen molar-refractivity contribution in [3.8, 4) is 0 Å². The molecule has 0 spiro atoms. The van der Waals surface area contributed by atoms with E-state index in [-0.39, 0.29) is 17.9 Å². The zero-order valence-corrected chi connectivity index (χ0v) is 8.98. The Morgan fingerprint density at radius 1 is 1.50 bits per heavy atom. The fourth-order valence-corrected chi connectivity index (χ4v) is 1.72. The summed E-state index contributed by atoms with van der Waals surface area (Å²) < 4.78 is 5.36. The van der Waals surface area contributed by atoms with E-state index >= 15 is 0 Å². The Labute approximate surface area is 94.0 Å². The van der Waals surface area contributed by atoms with E-state index < -0.39 is 0 Å². The quantitative estimate of drug-likeness (QED) is 0.714. The number of aromatic nitrogens is 1. The highest BCUT2D eigenvalue weighted by molar-refractivity contribution is 5.94. The van der Waals surface area contributed by atoms with Crippen LogP contribution in [0.3, 0.4) is 0 Å². The second-order valence-electron chi connectivity index (χ2n) is 3.79. The molecule has 16 heavy (non-hydrogen) atoms. The second-order valence-corrected chi connectivity index (χ2v) is 3.79. The lowest BCUT2D eigenvalue weighted by molar-refractivity contribution is 0.0230. The molecular weight excluding hydrogens is 206 g/mol. The van der Waals surface area contributed by atoms with Gasteiger partial charge in [0.2, 0.25) is 0 Å². The first-order valence-electron chi connectivity index (χ1n) is 5.39. The molecule has 1 fully saturated rings. The predicted octanol–water partition coefficient (Wildman–Crippen LogP) is 0.573. The van der Waals surface area contributed by atoms with E-state index in [0.29, 0.717) is 5.56 Å². The molecule has 0 saturated carbocycles. The smallest absolute Gasteiger partial charge is 0.342 e. The second kappa shape index (κ2) is 4.94. The first kappa shape index (κ1) is 10.9. The zero-order valence-electron chi connectivity index (χ0n) is 8.98. The van der Waals surface area contributed by atoms with Gasteiger partial charge >= 0.3 is 5.97 Å². The number of pyridine rings is 1. The number of carbonyl (C=O) groups excluding carboxylic acids is 1. The van der Waals surface area contributed by atoms with Crippen molar-refractivity contribution >= 4 is 11.8 Å². The van der Waals surface area contributed by atoms with Crippen LogP contribution in [0, 0.1) is 0 Å². The van der Waals surface area contributed by atoms with Crippen LogP contribution in [0.2, 0.25) is 0 Å². The number of anilines is 1. The van der Waals surface area contributed by atoms with Crippen LogP contribution in [0.4, 0.5) is 5.82 Å². The topological polar surface area (TPSA) is 77.2 Å². The molecule has 0 aromatic carbocycles. The Morgan fingerprint density at radius 3 is 2.94 bits per heavy atom. The molecule has 0 radical (unpaired) electrons. The van der Waals surface area contributed by atoms with Gasteiger partial charge in [0, 0.05) is 6.20 Å². The average Bonchev–Trinajstić information content (AvgIpc) is 2.31. The molecule has 2 rings (SSSR count). The number of nitrogens with one attached hydrogen (secondary N) is 1. The fourth-order valence-electron chi connectivity index (χ4n) is 1.72. The molecule has 86 valence electrons. The van der Waals surface area contributed by atoms with Crippen molar-refractivity contribution < 1.29 is 9.53 Å². The number of carbonyl (C=O) groups is 1. The molecule has 1 aromatic heterocycles. The normalized spacial score (nSPS) is 17.0. The number of hydrogen-bond acceptors (Lipinski definition) is 5. The predicted molar refractivity (Wildman–Crippen MR) is 60.0 cm³/mol. The van der Waals surface area contributed by atoms with Crippen molar-refractivity contribution in [2.45, 2.75) is 18.9 Å². The minimum atomic E-state index is -0.377. The third kappa shape index (κ3) is 2.49. The third-order valence-corrected chi connectivity index (χ3v) is 2.62. The lowest BCUT2D eigenvalue weighted by Crippen LogP contribution is -2.33. The van der Waals surface area contributed by atoms with Gasteiger partial charge in [-0.1, -0.05) is 0 Å². The van der Waals surface area contributed by atoms with Crippen molar-refractivity contribution in [2.24, 2.45) is 0 Å². The van der Waals surface area contributed by atoms with Gasteiger partial charge in [0.15, 0.2) is 0 Å². The summed E-state index contributed by atoms with van der Waals surface area (Å²) in [5.41, 5.74) is 5.95. The Bertz CT molecular complexity index is 375. The van der Waals surface area contributed by atoms with Gasteiger partial charge in [-0.2, -0.15) is 0 Å². The third-order valence-electron chi connectivity index (χ3n) is 2.62. The molecule has 0 amide bonds. The van der Waals surface area contributed by atoms with E-state index in [1.165, 1.54) is 0 Å². The average molecular weight is 221 g/mol. The minimum Gasteiger partial charge on any atom is -0.459 e. The van der Waals surface area contributed by atoms with Gasteiger partial charge in [0.05, 0.1) is 0 Å². The maximum absolute atomic E-state index is 11.8. The summed E-state index contributed by atoms with van der Waals surface area (Å²) in [7, 11) is 0. The molecule has 1 aromatic rings. The Balaban J connectivity index is 2.00. The van der Waals surface area contributed by atoms with E-state index in [0.717, 1.165) is 25.9 Å². The van der Waals surface area contributed by atoms with E-state index in [1.54, 1.807) is 18.3 Å². The lowest BCUT2D eigenvalue weighted by Gasteiger charge is -2.22. The summed E-state index contributed by atoms with van der Waals surface area (Å²) >= 11 is 0. The number of nitrogen functional groups attached to an aromatic ring is 1. The molecule has 5 nitrogen and oxygen atoms in total. The first-order chi connectivity index (χ1) is 7.77. The van der Waals surface area contributed by atoms with Crippen LogP contribution < -0.4 is 11.1 Å². The zero-order chi connectivity index (χ0) is 11.4. The number of rotatable bonds is 2. The molecule has 0 bridgehead atoms. The number of nitrogens with two attached hydrogens (primary N) is 1. The van der Waals surface area contributed by atoms with Crippen molar-refractivity contribution in [3.05, 3.63) is 23.9 Å². The van der Waals surface area contributed by atoms with E-state index in [1.807, 2.05) is 0 Å². The maximum Gasteiger partial charge on any atom is 0.342 e. The fraction of sp³-hybridized carbons (Fsp3) is 0.455. The summed E-state index contributed by atoms with van der Waals surface area (Å²) in [4.78, 5) is 15.6. The van der Waals surface area contributed by atoms with Crippen molar-refractivity contribution in [1.29, 1.82) is 0 Å². The Kier molecular flexibility index (Phi) is 3.36. The van der Waals surface area contributed by atoms with Gasteiger partial charge in [0.1, 0.15) is 17.5 Å². The summed E-state index contributed by atoms with van der Waals surface area (Å²) in [6, 6.07) is 3.31. The number of hydrogen-bond donors (Lipinski definition) is 2. The van der Waals surface area contributed by atoms with E-state index in [4.69, 9.17) is 10.5 Å². The Hall–Kier alpha value is -1.62.